The maximum atomic E-state index is 12.5. The van der Waals surface area contributed by atoms with Gasteiger partial charge >= 0.3 is 0 Å². The molecule has 1 heterocycles. The summed E-state index contributed by atoms with van der Waals surface area (Å²) < 4.78 is 53.4. The monoisotopic (exact) mass is 414 g/mol. The van der Waals surface area contributed by atoms with Gasteiger partial charge in [-0.05, 0) is 67.8 Å². The minimum absolute atomic E-state index is 0.0252. The summed E-state index contributed by atoms with van der Waals surface area (Å²) in [7, 11) is -7.09. The highest BCUT2D eigenvalue weighted by molar-refractivity contribution is 7.93. The number of nitrogens with zero attached hydrogens (tertiary/aromatic N) is 1. The van der Waals surface area contributed by atoms with Crippen LogP contribution in [0.3, 0.4) is 0 Å². The maximum absolute atomic E-state index is 12.5. The Balaban J connectivity index is 1.91. The van der Waals surface area contributed by atoms with Crippen LogP contribution in [-0.2, 0) is 26.5 Å². The first kappa shape index (κ1) is 19.0. The van der Waals surface area contributed by atoms with E-state index in [2.05, 4.69) is 4.72 Å². The van der Waals surface area contributed by atoms with Crippen LogP contribution < -0.4 is 9.03 Å². The molecule has 0 spiro atoms. The van der Waals surface area contributed by atoms with Crippen molar-refractivity contribution >= 4 is 43.0 Å². The number of sulfonamides is 2. The predicted octanol–water partition coefficient (Wildman–Crippen LogP) is 3.24. The number of aryl methyl sites for hydroxylation is 1. The molecular weight excluding hydrogens is 396 g/mol. The quantitative estimate of drug-likeness (QED) is 0.813. The summed E-state index contributed by atoms with van der Waals surface area (Å²) >= 11 is 5.79. The second-order valence-corrected chi connectivity index (χ2v) is 10.3. The average molecular weight is 415 g/mol. The van der Waals surface area contributed by atoms with Crippen molar-refractivity contribution in [3.05, 3.63) is 53.1 Å². The molecule has 0 atom stereocenters. The Morgan fingerprint density at radius 1 is 1.08 bits per heavy atom. The number of halogens is 1. The molecule has 0 aromatic heterocycles. The largest absolute Gasteiger partial charge is 0.280 e. The fourth-order valence-electron chi connectivity index (χ4n) is 2.90. The van der Waals surface area contributed by atoms with Gasteiger partial charge in [0.05, 0.1) is 16.3 Å². The van der Waals surface area contributed by atoms with Crippen LogP contribution in [0.4, 0.5) is 11.4 Å². The van der Waals surface area contributed by atoms with Gasteiger partial charge in [0.15, 0.2) is 0 Å². The minimum Gasteiger partial charge on any atom is -0.280 e. The third kappa shape index (κ3) is 3.82. The lowest BCUT2D eigenvalue weighted by Gasteiger charge is -2.30. The highest BCUT2D eigenvalue weighted by atomic mass is 35.5. The second-order valence-electron chi connectivity index (χ2n) is 5.98. The number of hydrogen-bond acceptors (Lipinski definition) is 4. The van der Waals surface area contributed by atoms with Crippen LogP contribution in [0.1, 0.15) is 18.9 Å². The molecule has 140 valence electrons. The van der Waals surface area contributed by atoms with Crippen LogP contribution in [0, 0.1) is 0 Å². The van der Waals surface area contributed by atoms with Crippen LogP contribution in [0.2, 0.25) is 5.02 Å². The summed E-state index contributed by atoms with van der Waals surface area (Å²) in [6.45, 7) is 2.05. The second kappa shape index (κ2) is 7.09. The Bertz CT molecular complexity index is 1020. The first-order chi connectivity index (χ1) is 12.2. The molecule has 26 heavy (non-hydrogen) atoms. The van der Waals surface area contributed by atoms with Gasteiger partial charge in [-0.1, -0.05) is 11.6 Å². The first-order valence-electron chi connectivity index (χ1n) is 8.15. The third-order valence-corrected chi connectivity index (χ3v) is 7.66. The first-order valence-corrected chi connectivity index (χ1v) is 11.6. The zero-order valence-electron chi connectivity index (χ0n) is 14.1. The van der Waals surface area contributed by atoms with E-state index in [1.165, 1.54) is 28.6 Å². The minimum atomic E-state index is -3.74. The lowest BCUT2D eigenvalue weighted by molar-refractivity contribution is 0.587. The molecule has 0 aliphatic carbocycles. The molecule has 0 saturated carbocycles. The maximum Gasteiger partial charge on any atom is 0.261 e. The number of benzene rings is 2. The molecule has 9 heteroatoms. The third-order valence-electron chi connectivity index (χ3n) is 4.23. The standard InChI is InChI=1S/C17H19ClN2O4S2/c1-2-25(21,22)20-11-3-4-13-12-15(7-10-17(13)20)19-26(23,24)16-8-5-14(18)6-9-16/h5-10,12,19H,2-4,11H2,1H3. The number of anilines is 2. The molecular formula is C17H19ClN2O4S2. The van der Waals surface area contributed by atoms with Crippen LogP contribution >= 0.6 is 11.6 Å². The van der Waals surface area contributed by atoms with Crippen molar-refractivity contribution in [2.24, 2.45) is 0 Å². The van der Waals surface area contributed by atoms with Crippen LogP contribution in [0.5, 0.6) is 0 Å². The molecule has 6 nitrogen and oxygen atoms in total. The lowest BCUT2D eigenvalue weighted by atomic mass is 10.0. The van der Waals surface area contributed by atoms with Crippen molar-refractivity contribution in [1.82, 2.24) is 0 Å². The molecule has 1 N–H and O–H groups in total. The summed E-state index contributed by atoms with van der Waals surface area (Å²) in [5, 5.41) is 0.454. The molecule has 0 unspecified atom stereocenters. The van der Waals surface area contributed by atoms with Crippen molar-refractivity contribution < 1.29 is 16.8 Å². The Morgan fingerprint density at radius 3 is 2.42 bits per heavy atom. The van der Waals surface area contributed by atoms with Gasteiger partial charge < -0.3 is 0 Å². The molecule has 0 fully saturated rings. The molecule has 1 aliphatic rings. The van der Waals surface area contributed by atoms with Crippen molar-refractivity contribution in [1.29, 1.82) is 0 Å². The molecule has 2 aromatic rings. The molecule has 0 bridgehead atoms. The molecule has 2 aromatic carbocycles. The lowest BCUT2D eigenvalue weighted by Crippen LogP contribution is -2.36. The summed E-state index contributed by atoms with van der Waals surface area (Å²) in [5.41, 5.74) is 1.83. The van der Waals surface area contributed by atoms with Gasteiger partial charge in [-0.2, -0.15) is 0 Å². The summed E-state index contributed by atoms with van der Waals surface area (Å²) in [6.07, 6.45) is 1.39. The van der Waals surface area contributed by atoms with E-state index in [4.69, 9.17) is 11.6 Å². The number of rotatable bonds is 5. The van der Waals surface area contributed by atoms with Gasteiger partial charge in [0, 0.05) is 17.3 Å². The summed E-state index contributed by atoms with van der Waals surface area (Å²) in [6, 6.07) is 10.8. The summed E-state index contributed by atoms with van der Waals surface area (Å²) in [5.74, 6) is 0.0252. The Hall–Kier alpha value is -1.77. The van der Waals surface area contributed by atoms with E-state index in [9.17, 15) is 16.8 Å². The molecule has 3 rings (SSSR count). The fraction of sp³-hybridized carbons (Fsp3) is 0.294. The van der Waals surface area contributed by atoms with Gasteiger partial charge in [-0.25, -0.2) is 16.8 Å². The molecule has 0 saturated heterocycles. The average Bonchev–Trinajstić information content (AvgIpc) is 2.61. The van der Waals surface area contributed by atoms with Crippen LogP contribution in [-0.4, -0.2) is 29.1 Å². The van der Waals surface area contributed by atoms with Gasteiger partial charge in [-0.15, -0.1) is 0 Å². The van der Waals surface area contributed by atoms with Crippen molar-refractivity contribution in [2.45, 2.75) is 24.7 Å². The summed E-state index contributed by atoms with van der Waals surface area (Å²) in [4.78, 5) is 0.106. The molecule has 1 aliphatic heterocycles. The van der Waals surface area contributed by atoms with Crippen LogP contribution in [0.25, 0.3) is 0 Å². The topological polar surface area (TPSA) is 83.6 Å². The normalized spacial score (nSPS) is 14.8. The van der Waals surface area contributed by atoms with Crippen molar-refractivity contribution in [2.75, 3.05) is 21.3 Å². The molecule has 0 amide bonds. The Kier molecular flexibility index (Phi) is 5.18. The highest BCUT2D eigenvalue weighted by Crippen LogP contribution is 2.32. The fourth-order valence-corrected chi connectivity index (χ4v) is 5.27. The van der Waals surface area contributed by atoms with Crippen molar-refractivity contribution in [3.8, 4) is 0 Å². The van der Waals surface area contributed by atoms with Gasteiger partial charge in [-0.3, -0.25) is 9.03 Å². The van der Waals surface area contributed by atoms with Crippen molar-refractivity contribution in [3.63, 3.8) is 0 Å². The highest BCUT2D eigenvalue weighted by Gasteiger charge is 2.26. The van der Waals surface area contributed by atoms with E-state index in [1.54, 1.807) is 25.1 Å². The van der Waals surface area contributed by atoms with Gasteiger partial charge in [0.1, 0.15) is 0 Å². The van der Waals surface area contributed by atoms with E-state index < -0.39 is 20.0 Å². The van der Waals surface area contributed by atoms with E-state index in [-0.39, 0.29) is 10.6 Å². The SMILES string of the molecule is CCS(=O)(=O)N1CCCc2cc(NS(=O)(=O)c3ccc(Cl)cc3)ccc21. The van der Waals surface area contributed by atoms with Crippen LogP contribution in [0.15, 0.2) is 47.4 Å². The van der Waals surface area contributed by atoms with E-state index in [0.29, 0.717) is 35.8 Å². The predicted molar refractivity (Wildman–Crippen MR) is 104 cm³/mol. The Labute approximate surface area is 158 Å². The molecule has 0 radical (unpaired) electrons. The van der Waals surface area contributed by atoms with E-state index in [0.717, 1.165) is 5.56 Å². The van der Waals surface area contributed by atoms with Gasteiger partial charge in [0.25, 0.3) is 10.0 Å². The zero-order valence-corrected chi connectivity index (χ0v) is 16.5. The zero-order chi connectivity index (χ0) is 18.9. The Morgan fingerprint density at radius 2 is 1.77 bits per heavy atom. The number of hydrogen-bond donors (Lipinski definition) is 1. The number of fused-ring (bicyclic) bond motifs is 1. The van der Waals surface area contributed by atoms with E-state index in [1.807, 2.05) is 0 Å². The smallest absolute Gasteiger partial charge is 0.261 e. The van der Waals surface area contributed by atoms with E-state index >= 15 is 0 Å². The van der Waals surface area contributed by atoms with Gasteiger partial charge in [0.2, 0.25) is 10.0 Å². The number of nitrogens with one attached hydrogen (secondary N) is 1.